The van der Waals surface area contributed by atoms with Crippen molar-refractivity contribution in [2.24, 2.45) is 0 Å². The first-order chi connectivity index (χ1) is 9.76. The van der Waals surface area contributed by atoms with Crippen molar-refractivity contribution in [1.29, 1.82) is 0 Å². The molecule has 4 nitrogen and oxygen atoms in total. The van der Waals surface area contributed by atoms with Crippen LogP contribution in [0.25, 0.3) is 0 Å². The summed E-state index contributed by atoms with van der Waals surface area (Å²) in [6.07, 6.45) is 3.63. The zero-order valence-corrected chi connectivity index (χ0v) is 12.8. The number of likely N-dealkylation sites (tertiary alicyclic amines) is 1. The molecule has 20 heavy (non-hydrogen) atoms. The molecule has 112 valence electrons. The van der Waals surface area contributed by atoms with E-state index < -0.39 is 0 Å². The van der Waals surface area contributed by atoms with E-state index in [0.29, 0.717) is 6.04 Å². The zero-order chi connectivity index (χ0) is 14.4. The van der Waals surface area contributed by atoms with Gasteiger partial charge in [0.25, 0.3) is 0 Å². The largest absolute Gasteiger partial charge is 0.497 e. The lowest BCUT2D eigenvalue weighted by molar-refractivity contribution is 0.300. The van der Waals surface area contributed by atoms with Crippen molar-refractivity contribution in [3.63, 3.8) is 0 Å². The number of nitrogens with one attached hydrogen (secondary N) is 1. The van der Waals surface area contributed by atoms with Crippen LogP contribution < -0.4 is 14.8 Å². The molecule has 1 fully saturated rings. The van der Waals surface area contributed by atoms with E-state index in [9.17, 15) is 0 Å². The van der Waals surface area contributed by atoms with E-state index in [2.05, 4.69) is 17.1 Å². The summed E-state index contributed by atoms with van der Waals surface area (Å²) < 4.78 is 10.7. The Bertz CT molecular complexity index is 423. The lowest BCUT2D eigenvalue weighted by atomic mass is 10.1. The average molecular weight is 278 g/mol. The van der Waals surface area contributed by atoms with E-state index >= 15 is 0 Å². The summed E-state index contributed by atoms with van der Waals surface area (Å²) in [5.74, 6) is 1.74. The second-order valence-corrected chi connectivity index (χ2v) is 5.27. The molecule has 1 saturated heterocycles. The molecule has 2 rings (SSSR count). The average Bonchev–Trinajstić information content (AvgIpc) is 2.72. The second-order valence-electron chi connectivity index (χ2n) is 5.27. The quantitative estimate of drug-likeness (QED) is 0.898. The molecule has 0 aliphatic carbocycles. The third-order valence-corrected chi connectivity index (χ3v) is 4.03. The highest BCUT2D eigenvalue weighted by Crippen LogP contribution is 2.30. The van der Waals surface area contributed by atoms with Crippen molar-refractivity contribution < 1.29 is 9.47 Å². The van der Waals surface area contributed by atoms with Gasteiger partial charge in [0.2, 0.25) is 0 Å². The Hall–Kier alpha value is -1.42. The van der Waals surface area contributed by atoms with E-state index in [4.69, 9.17) is 9.47 Å². The van der Waals surface area contributed by atoms with Crippen LogP contribution in [0.4, 0.5) is 5.69 Å². The normalized spacial score (nSPS) is 20.2. The second kappa shape index (κ2) is 7.39. The maximum Gasteiger partial charge on any atom is 0.142 e. The summed E-state index contributed by atoms with van der Waals surface area (Å²) in [7, 11) is 3.40. The maximum absolute atomic E-state index is 5.43. The van der Waals surface area contributed by atoms with Crippen LogP contribution in [0.15, 0.2) is 18.2 Å². The number of rotatable bonds is 5. The predicted molar refractivity (Wildman–Crippen MR) is 82.9 cm³/mol. The minimum Gasteiger partial charge on any atom is -0.497 e. The van der Waals surface area contributed by atoms with E-state index in [1.807, 2.05) is 18.2 Å². The fourth-order valence-corrected chi connectivity index (χ4v) is 2.76. The van der Waals surface area contributed by atoms with Gasteiger partial charge in [0.15, 0.2) is 0 Å². The number of hydrogen-bond donors (Lipinski definition) is 1. The van der Waals surface area contributed by atoms with Crippen LogP contribution in [0.2, 0.25) is 0 Å². The van der Waals surface area contributed by atoms with Gasteiger partial charge in [-0.15, -0.1) is 0 Å². The van der Waals surface area contributed by atoms with Crippen molar-refractivity contribution in [3.05, 3.63) is 18.2 Å². The van der Waals surface area contributed by atoms with Gasteiger partial charge in [-0.3, -0.25) is 0 Å². The predicted octanol–water partition coefficient (Wildman–Crippen LogP) is 2.99. The summed E-state index contributed by atoms with van der Waals surface area (Å²) in [6.45, 7) is 5.76. The molecular formula is C16H26N2O2. The fourth-order valence-electron chi connectivity index (χ4n) is 2.76. The van der Waals surface area contributed by atoms with Gasteiger partial charge in [-0.05, 0) is 44.5 Å². The van der Waals surface area contributed by atoms with Crippen LogP contribution in [-0.4, -0.2) is 44.8 Å². The maximum atomic E-state index is 5.43. The Morgan fingerprint density at radius 3 is 2.75 bits per heavy atom. The third kappa shape index (κ3) is 3.79. The highest BCUT2D eigenvalue weighted by Gasteiger charge is 2.17. The number of anilines is 1. The molecular weight excluding hydrogens is 252 g/mol. The van der Waals surface area contributed by atoms with Gasteiger partial charge in [0, 0.05) is 18.7 Å². The lowest BCUT2D eigenvalue weighted by Gasteiger charge is -2.21. The monoisotopic (exact) mass is 278 g/mol. The van der Waals surface area contributed by atoms with Gasteiger partial charge in [-0.2, -0.15) is 0 Å². The van der Waals surface area contributed by atoms with Crippen LogP contribution >= 0.6 is 0 Å². The molecule has 0 amide bonds. The van der Waals surface area contributed by atoms with Crippen LogP contribution in [0.3, 0.4) is 0 Å². The SMILES string of the molecule is CCN1CCCC(Nc2cc(OC)ccc2OC)CC1. The van der Waals surface area contributed by atoms with E-state index in [1.54, 1.807) is 14.2 Å². The molecule has 1 heterocycles. The van der Waals surface area contributed by atoms with Crippen molar-refractivity contribution in [2.45, 2.75) is 32.2 Å². The summed E-state index contributed by atoms with van der Waals surface area (Å²) in [5.41, 5.74) is 1.03. The highest BCUT2D eigenvalue weighted by molar-refractivity contribution is 5.60. The number of nitrogens with zero attached hydrogens (tertiary/aromatic N) is 1. The van der Waals surface area contributed by atoms with Crippen molar-refractivity contribution >= 4 is 5.69 Å². The van der Waals surface area contributed by atoms with Gasteiger partial charge in [0.05, 0.1) is 19.9 Å². The Kier molecular flexibility index (Phi) is 5.53. The molecule has 1 unspecified atom stereocenters. The van der Waals surface area contributed by atoms with Crippen LogP contribution in [0.5, 0.6) is 11.5 Å². The smallest absolute Gasteiger partial charge is 0.142 e. The Balaban J connectivity index is 2.04. The molecule has 0 saturated carbocycles. The molecule has 0 aromatic heterocycles. The minimum absolute atomic E-state index is 0.507. The van der Waals surface area contributed by atoms with Gasteiger partial charge in [0.1, 0.15) is 11.5 Å². The topological polar surface area (TPSA) is 33.7 Å². The van der Waals surface area contributed by atoms with E-state index in [0.717, 1.165) is 23.7 Å². The van der Waals surface area contributed by atoms with E-state index in [-0.39, 0.29) is 0 Å². The number of hydrogen-bond acceptors (Lipinski definition) is 4. The molecule has 1 N–H and O–H groups in total. The molecule has 1 aliphatic rings. The number of benzene rings is 1. The number of methoxy groups -OCH3 is 2. The molecule has 0 spiro atoms. The fraction of sp³-hybridized carbons (Fsp3) is 0.625. The van der Waals surface area contributed by atoms with E-state index in [1.165, 1.54) is 32.4 Å². The van der Waals surface area contributed by atoms with Gasteiger partial charge in [-0.1, -0.05) is 6.92 Å². The van der Waals surface area contributed by atoms with Gasteiger partial charge < -0.3 is 19.7 Å². The Morgan fingerprint density at radius 2 is 2.05 bits per heavy atom. The standard InChI is InChI=1S/C16H26N2O2/c1-4-18-10-5-6-13(9-11-18)17-15-12-14(19-2)7-8-16(15)20-3/h7-8,12-13,17H,4-6,9-11H2,1-3H3. The zero-order valence-electron chi connectivity index (χ0n) is 12.8. The Labute approximate surface area is 122 Å². The van der Waals surface area contributed by atoms with Gasteiger partial charge in [-0.25, -0.2) is 0 Å². The van der Waals surface area contributed by atoms with Crippen LogP contribution in [0, 0.1) is 0 Å². The molecule has 0 radical (unpaired) electrons. The number of ether oxygens (including phenoxy) is 2. The summed E-state index contributed by atoms with van der Waals surface area (Å²) >= 11 is 0. The molecule has 1 aromatic rings. The van der Waals surface area contributed by atoms with Crippen LogP contribution in [0.1, 0.15) is 26.2 Å². The van der Waals surface area contributed by atoms with Crippen molar-refractivity contribution in [1.82, 2.24) is 4.90 Å². The Morgan fingerprint density at radius 1 is 1.20 bits per heavy atom. The third-order valence-electron chi connectivity index (χ3n) is 4.03. The molecule has 1 aliphatic heterocycles. The molecule has 1 atom stereocenters. The molecule has 0 bridgehead atoms. The summed E-state index contributed by atoms with van der Waals surface area (Å²) in [6, 6.07) is 6.40. The van der Waals surface area contributed by atoms with Crippen molar-refractivity contribution in [3.8, 4) is 11.5 Å². The lowest BCUT2D eigenvalue weighted by Crippen LogP contribution is -2.26. The van der Waals surface area contributed by atoms with Crippen LogP contribution in [-0.2, 0) is 0 Å². The van der Waals surface area contributed by atoms with Crippen molar-refractivity contribution in [2.75, 3.05) is 39.2 Å². The summed E-state index contributed by atoms with van der Waals surface area (Å²) in [4.78, 5) is 2.52. The molecule has 1 aromatic carbocycles. The molecule has 4 heteroatoms. The first-order valence-electron chi connectivity index (χ1n) is 7.47. The minimum atomic E-state index is 0.507. The first-order valence-corrected chi connectivity index (χ1v) is 7.47. The summed E-state index contributed by atoms with van der Waals surface area (Å²) in [5, 5.41) is 3.63. The first kappa shape index (κ1) is 15.0. The van der Waals surface area contributed by atoms with Gasteiger partial charge >= 0.3 is 0 Å². The highest BCUT2D eigenvalue weighted by atomic mass is 16.5.